The summed E-state index contributed by atoms with van der Waals surface area (Å²) >= 11 is 0. The second kappa shape index (κ2) is 16.1. The maximum absolute atomic E-state index is 13.0. The molecule has 11 nitrogen and oxygen atoms in total. The van der Waals surface area contributed by atoms with Crippen molar-refractivity contribution in [2.75, 3.05) is 18.0 Å². The summed E-state index contributed by atoms with van der Waals surface area (Å²) in [7, 11) is 0. The molecule has 3 aromatic carbocycles. The highest BCUT2D eigenvalue weighted by Crippen LogP contribution is 2.34. The first kappa shape index (κ1) is 35.0. The van der Waals surface area contributed by atoms with Crippen molar-refractivity contribution in [3.63, 3.8) is 0 Å². The molecule has 11 heteroatoms. The van der Waals surface area contributed by atoms with E-state index < -0.39 is 35.6 Å². The summed E-state index contributed by atoms with van der Waals surface area (Å²) in [5.74, 6) is -0.253. The normalized spacial score (nSPS) is 14.9. The average molecular weight is 644 g/mol. The van der Waals surface area contributed by atoms with E-state index in [0.29, 0.717) is 22.6 Å². The molecule has 5 N–H and O–H groups in total. The third-order valence-electron chi connectivity index (χ3n) is 7.57. The molecule has 4 rings (SSSR count). The van der Waals surface area contributed by atoms with Gasteiger partial charge in [-0.3, -0.25) is 19.7 Å². The van der Waals surface area contributed by atoms with Gasteiger partial charge in [0.1, 0.15) is 17.5 Å². The molecular formula is C36H45N5O6. The maximum Gasteiger partial charge on any atom is 0.326 e. The number of nitrogens with two attached hydrogens (primary N) is 2. The van der Waals surface area contributed by atoms with Gasteiger partial charge in [-0.25, -0.2) is 4.99 Å². The van der Waals surface area contributed by atoms with Gasteiger partial charge in [0.2, 0.25) is 6.29 Å². The Morgan fingerprint density at radius 3 is 2.26 bits per heavy atom. The molecule has 1 heterocycles. The number of rotatable bonds is 11. The Hall–Kier alpha value is -4.90. The molecule has 1 fully saturated rings. The molecule has 1 amide bonds. The SMILES string of the molecule is CC(OC(=O)C(N)Cc1ccc(C(=O)NC(N)=NCc2c(Oc3ccccc3)cccc2N2CCCCC2)cc1)OC(=O)C(C)(C)C. The Kier molecular flexibility index (Phi) is 12.0. The molecule has 0 aliphatic carbocycles. The van der Waals surface area contributed by atoms with Crippen molar-refractivity contribution in [1.29, 1.82) is 0 Å². The van der Waals surface area contributed by atoms with Crippen LogP contribution in [0.4, 0.5) is 5.69 Å². The van der Waals surface area contributed by atoms with Crippen molar-refractivity contribution < 1.29 is 28.6 Å². The fraction of sp³-hybridized carbons (Fsp3) is 0.389. The molecular weight excluding hydrogens is 598 g/mol. The number of para-hydroxylation sites is 1. The van der Waals surface area contributed by atoms with Crippen molar-refractivity contribution in [2.24, 2.45) is 21.9 Å². The number of carbonyl (C=O) groups excluding carboxylic acids is 3. The minimum atomic E-state index is -1.07. The van der Waals surface area contributed by atoms with Crippen LogP contribution in [0.15, 0.2) is 77.8 Å². The van der Waals surface area contributed by atoms with Gasteiger partial charge in [-0.1, -0.05) is 36.4 Å². The Morgan fingerprint density at radius 2 is 1.60 bits per heavy atom. The van der Waals surface area contributed by atoms with Gasteiger partial charge < -0.3 is 30.6 Å². The molecule has 0 spiro atoms. The average Bonchev–Trinajstić information content (AvgIpc) is 3.04. The minimum Gasteiger partial charge on any atom is -0.457 e. The second-order valence-corrected chi connectivity index (χ2v) is 12.5. The summed E-state index contributed by atoms with van der Waals surface area (Å²) < 4.78 is 16.6. The van der Waals surface area contributed by atoms with Crippen LogP contribution in [0.2, 0.25) is 0 Å². The van der Waals surface area contributed by atoms with Gasteiger partial charge >= 0.3 is 11.9 Å². The number of nitrogens with zero attached hydrogens (tertiary/aromatic N) is 2. The van der Waals surface area contributed by atoms with Gasteiger partial charge in [-0.2, -0.15) is 0 Å². The van der Waals surface area contributed by atoms with Gasteiger partial charge in [0.25, 0.3) is 5.91 Å². The van der Waals surface area contributed by atoms with Crippen molar-refractivity contribution >= 4 is 29.5 Å². The molecule has 0 aromatic heterocycles. The number of ether oxygens (including phenoxy) is 3. The number of nitrogens with one attached hydrogen (secondary N) is 1. The van der Waals surface area contributed by atoms with Crippen molar-refractivity contribution in [2.45, 2.75) is 72.3 Å². The van der Waals surface area contributed by atoms with Crippen LogP contribution < -0.4 is 26.4 Å². The number of piperidine rings is 1. The first-order chi connectivity index (χ1) is 22.4. The number of hydrogen-bond acceptors (Lipinski definition) is 9. The van der Waals surface area contributed by atoms with Crippen molar-refractivity contribution in [1.82, 2.24) is 5.32 Å². The largest absolute Gasteiger partial charge is 0.457 e. The van der Waals surface area contributed by atoms with E-state index in [9.17, 15) is 14.4 Å². The zero-order valence-corrected chi connectivity index (χ0v) is 27.5. The van der Waals surface area contributed by atoms with Crippen molar-refractivity contribution in [3.8, 4) is 11.5 Å². The first-order valence-corrected chi connectivity index (χ1v) is 15.9. The number of guanidine groups is 1. The van der Waals surface area contributed by atoms with E-state index in [1.165, 1.54) is 13.3 Å². The second-order valence-electron chi connectivity index (χ2n) is 12.5. The molecule has 1 saturated heterocycles. The standard InChI is InChI=1S/C36H45N5O6/c1-24(46-34(44)36(2,3)4)45-33(43)29(37)22-25-16-18-26(19-17-25)32(42)40-35(38)39-23-28-30(41-20-9-6-10-21-41)14-11-15-31(28)47-27-12-7-5-8-13-27/h5,7-8,11-19,24,29H,6,9-10,20-23,37H2,1-4H3,(H3,38,39,40,42). The zero-order valence-electron chi connectivity index (χ0n) is 27.5. The topological polar surface area (TPSA) is 159 Å². The molecule has 1 aliphatic heterocycles. The lowest BCUT2D eigenvalue weighted by molar-refractivity contribution is -0.191. The number of aliphatic imine (C=N–C) groups is 1. The van der Waals surface area contributed by atoms with Gasteiger partial charge in [0.05, 0.1) is 12.0 Å². The Labute approximate surface area is 276 Å². The third-order valence-corrected chi connectivity index (χ3v) is 7.57. The molecule has 2 atom stereocenters. The Bertz CT molecular complexity index is 1550. The van der Waals surface area contributed by atoms with Crippen molar-refractivity contribution in [3.05, 3.63) is 89.5 Å². The predicted octanol–water partition coefficient (Wildman–Crippen LogP) is 5.06. The van der Waals surface area contributed by atoms with Gasteiger partial charge in [0, 0.05) is 36.8 Å². The number of amides is 1. The lowest BCUT2D eigenvalue weighted by Gasteiger charge is -2.31. The number of esters is 2. The van der Waals surface area contributed by atoms with Crippen LogP contribution in [0.3, 0.4) is 0 Å². The van der Waals surface area contributed by atoms with Crippen LogP contribution in [0.1, 0.15) is 68.4 Å². The first-order valence-electron chi connectivity index (χ1n) is 15.9. The number of anilines is 1. The van der Waals surface area contributed by atoms with Crippen LogP contribution in [-0.2, 0) is 32.0 Å². The summed E-state index contributed by atoms with van der Waals surface area (Å²) in [6.07, 6.45) is 2.54. The summed E-state index contributed by atoms with van der Waals surface area (Å²) in [6, 6.07) is 21.1. The molecule has 47 heavy (non-hydrogen) atoms. The predicted molar refractivity (Wildman–Crippen MR) is 181 cm³/mol. The van der Waals surface area contributed by atoms with E-state index in [4.69, 9.17) is 25.7 Å². The molecule has 2 unspecified atom stereocenters. The van der Waals surface area contributed by atoms with Crippen LogP contribution in [0.25, 0.3) is 0 Å². The van der Waals surface area contributed by atoms with E-state index in [2.05, 4.69) is 21.3 Å². The Balaban J connectivity index is 1.37. The van der Waals surface area contributed by atoms with Gasteiger partial charge in [-0.05, 0) is 88.4 Å². The zero-order chi connectivity index (χ0) is 34.0. The quantitative estimate of drug-likeness (QED) is 0.112. The molecule has 1 aliphatic rings. The lowest BCUT2D eigenvalue weighted by atomic mass is 9.97. The highest BCUT2D eigenvalue weighted by molar-refractivity contribution is 6.05. The molecule has 0 saturated carbocycles. The smallest absolute Gasteiger partial charge is 0.326 e. The monoisotopic (exact) mass is 643 g/mol. The van der Waals surface area contributed by atoms with Crippen LogP contribution in [-0.4, -0.2) is 49.2 Å². The number of benzene rings is 3. The number of carbonyl (C=O) groups is 3. The fourth-order valence-corrected chi connectivity index (χ4v) is 4.98. The highest BCUT2D eigenvalue weighted by Gasteiger charge is 2.27. The van der Waals surface area contributed by atoms with Gasteiger partial charge in [-0.15, -0.1) is 0 Å². The molecule has 3 aromatic rings. The van der Waals surface area contributed by atoms with E-state index in [-0.39, 0.29) is 18.9 Å². The van der Waals surface area contributed by atoms with Crippen LogP contribution in [0, 0.1) is 5.41 Å². The van der Waals surface area contributed by atoms with E-state index >= 15 is 0 Å². The van der Waals surface area contributed by atoms with Gasteiger partial charge in [0.15, 0.2) is 5.96 Å². The molecule has 0 bridgehead atoms. The van der Waals surface area contributed by atoms with Crippen LogP contribution in [0.5, 0.6) is 11.5 Å². The Morgan fingerprint density at radius 1 is 0.915 bits per heavy atom. The highest BCUT2D eigenvalue weighted by atomic mass is 16.7. The fourth-order valence-electron chi connectivity index (χ4n) is 4.98. The molecule has 250 valence electrons. The van der Waals surface area contributed by atoms with E-state index in [0.717, 1.165) is 37.2 Å². The van der Waals surface area contributed by atoms with E-state index in [1.807, 2.05) is 42.5 Å². The lowest BCUT2D eigenvalue weighted by Crippen LogP contribution is -2.38. The summed E-state index contributed by atoms with van der Waals surface area (Å²) in [5.41, 5.74) is 14.5. The maximum atomic E-state index is 13.0. The third kappa shape index (κ3) is 10.3. The number of hydrogen-bond donors (Lipinski definition) is 3. The minimum absolute atomic E-state index is 0.0239. The molecule has 0 radical (unpaired) electrons. The van der Waals surface area contributed by atoms with Crippen LogP contribution >= 0.6 is 0 Å². The summed E-state index contributed by atoms with van der Waals surface area (Å²) in [5, 5.41) is 2.65. The van der Waals surface area contributed by atoms with E-state index in [1.54, 1.807) is 45.0 Å². The summed E-state index contributed by atoms with van der Waals surface area (Å²) in [4.78, 5) is 44.3. The summed E-state index contributed by atoms with van der Waals surface area (Å²) in [6.45, 7) is 8.68.